The Labute approximate surface area is 139 Å². The number of para-hydroxylation sites is 2. The van der Waals surface area contributed by atoms with Crippen molar-refractivity contribution in [3.8, 4) is 11.5 Å². The second-order valence-electron chi connectivity index (χ2n) is 4.67. The first-order valence-electron chi connectivity index (χ1n) is 7.25. The average Bonchev–Trinajstić information content (AvgIpc) is 2.58. The summed E-state index contributed by atoms with van der Waals surface area (Å²) in [5.41, 5.74) is 3.20. The van der Waals surface area contributed by atoms with Gasteiger partial charge in [0.1, 0.15) is 11.5 Å². The Morgan fingerprint density at radius 2 is 1.83 bits per heavy atom. The van der Waals surface area contributed by atoms with Gasteiger partial charge in [0.25, 0.3) is 0 Å². The molecule has 0 spiro atoms. The molecule has 2 aromatic rings. The van der Waals surface area contributed by atoms with Crippen molar-refractivity contribution < 1.29 is 19.4 Å². The van der Waals surface area contributed by atoms with E-state index in [4.69, 9.17) is 9.84 Å². The molecule has 0 fully saturated rings. The van der Waals surface area contributed by atoms with E-state index in [0.29, 0.717) is 23.6 Å². The second kappa shape index (κ2) is 8.33. The fraction of sp³-hybridized carbons (Fsp3) is 0.118. The van der Waals surface area contributed by atoms with Crippen LogP contribution in [-0.4, -0.2) is 29.7 Å². The van der Waals surface area contributed by atoms with Crippen LogP contribution in [0, 0.1) is 0 Å². The van der Waals surface area contributed by atoms with Crippen molar-refractivity contribution in [1.82, 2.24) is 5.43 Å². The molecule has 0 radical (unpaired) electrons. The Morgan fingerprint density at radius 1 is 1.12 bits per heavy atom. The van der Waals surface area contributed by atoms with Crippen LogP contribution in [0.1, 0.15) is 12.5 Å². The van der Waals surface area contributed by atoms with Crippen LogP contribution in [0.2, 0.25) is 0 Å². The minimum absolute atomic E-state index is 0.128. The highest BCUT2D eigenvalue weighted by atomic mass is 16.5. The number of nitrogens with one attached hydrogen (secondary N) is 2. The molecule has 2 amide bonds. The highest BCUT2D eigenvalue weighted by Gasteiger charge is 2.14. The van der Waals surface area contributed by atoms with Gasteiger partial charge in [0.05, 0.1) is 18.5 Å². The molecule has 0 aliphatic rings. The van der Waals surface area contributed by atoms with Gasteiger partial charge in [-0.15, -0.1) is 0 Å². The lowest BCUT2D eigenvalue weighted by Crippen LogP contribution is -2.32. The summed E-state index contributed by atoms with van der Waals surface area (Å²) >= 11 is 0. The maximum atomic E-state index is 11.9. The van der Waals surface area contributed by atoms with Gasteiger partial charge in [-0.3, -0.25) is 9.59 Å². The van der Waals surface area contributed by atoms with Crippen LogP contribution in [0.15, 0.2) is 53.6 Å². The summed E-state index contributed by atoms with van der Waals surface area (Å²) < 4.78 is 5.37. The minimum Gasteiger partial charge on any atom is -0.508 e. The number of benzene rings is 2. The van der Waals surface area contributed by atoms with Crippen molar-refractivity contribution in [2.45, 2.75) is 6.92 Å². The number of phenols is 1. The van der Waals surface area contributed by atoms with Crippen LogP contribution >= 0.6 is 0 Å². The molecule has 2 rings (SSSR count). The highest BCUT2D eigenvalue weighted by molar-refractivity contribution is 6.39. The summed E-state index contributed by atoms with van der Waals surface area (Å²) in [6, 6.07) is 13.0. The lowest BCUT2D eigenvalue weighted by Gasteiger charge is -2.10. The molecule has 124 valence electrons. The van der Waals surface area contributed by atoms with Crippen LogP contribution in [-0.2, 0) is 9.59 Å². The van der Waals surface area contributed by atoms with Crippen LogP contribution in [0.3, 0.4) is 0 Å². The first-order chi connectivity index (χ1) is 11.6. The Morgan fingerprint density at radius 3 is 2.54 bits per heavy atom. The second-order valence-corrected chi connectivity index (χ2v) is 4.67. The first kappa shape index (κ1) is 17.0. The predicted octanol–water partition coefficient (Wildman–Crippen LogP) is 1.88. The number of hydrogen-bond donors (Lipinski definition) is 3. The molecule has 0 saturated heterocycles. The Hall–Kier alpha value is -3.35. The number of rotatable bonds is 5. The monoisotopic (exact) mass is 327 g/mol. The van der Waals surface area contributed by atoms with Crippen LogP contribution < -0.4 is 15.5 Å². The Balaban J connectivity index is 1.93. The van der Waals surface area contributed by atoms with Crippen molar-refractivity contribution in [2.75, 3.05) is 11.9 Å². The summed E-state index contributed by atoms with van der Waals surface area (Å²) in [6.45, 7) is 2.26. The van der Waals surface area contributed by atoms with E-state index in [2.05, 4.69) is 15.8 Å². The number of nitrogens with zero attached hydrogens (tertiary/aromatic N) is 1. The fourth-order valence-electron chi connectivity index (χ4n) is 1.81. The van der Waals surface area contributed by atoms with Gasteiger partial charge in [-0.2, -0.15) is 5.10 Å². The van der Waals surface area contributed by atoms with Gasteiger partial charge >= 0.3 is 11.8 Å². The maximum absolute atomic E-state index is 11.9. The molecular weight excluding hydrogens is 310 g/mol. The van der Waals surface area contributed by atoms with Gasteiger partial charge in [-0.1, -0.05) is 12.1 Å². The maximum Gasteiger partial charge on any atom is 0.329 e. The number of amides is 2. The molecule has 7 nitrogen and oxygen atoms in total. The van der Waals surface area contributed by atoms with Crippen molar-refractivity contribution >= 4 is 23.7 Å². The zero-order valence-electron chi connectivity index (χ0n) is 13.0. The third kappa shape index (κ3) is 4.84. The smallest absolute Gasteiger partial charge is 0.329 e. The van der Waals surface area contributed by atoms with E-state index in [1.54, 1.807) is 36.4 Å². The molecule has 0 heterocycles. The average molecular weight is 327 g/mol. The molecule has 0 atom stereocenters. The lowest BCUT2D eigenvalue weighted by atomic mass is 10.2. The fourth-order valence-corrected chi connectivity index (χ4v) is 1.81. The number of hydrazone groups is 1. The Bertz CT molecular complexity index is 742. The molecule has 0 aromatic heterocycles. The van der Waals surface area contributed by atoms with Crippen LogP contribution in [0.5, 0.6) is 11.5 Å². The van der Waals surface area contributed by atoms with E-state index in [0.717, 1.165) is 0 Å². The van der Waals surface area contributed by atoms with E-state index < -0.39 is 11.8 Å². The standard InChI is InChI=1S/C17H17N3O4/c1-2-24-15-6-4-3-5-14(15)19-16(22)17(23)20-18-11-12-7-9-13(21)10-8-12/h3-11,21H,2H2,1H3,(H,19,22)(H,20,23)/b18-11-. The normalized spacial score (nSPS) is 10.4. The minimum atomic E-state index is -0.906. The molecule has 0 saturated carbocycles. The van der Waals surface area contributed by atoms with Gasteiger partial charge in [0, 0.05) is 0 Å². The number of ether oxygens (including phenoxy) is 1. The zero-order valence-corrected chi connectivity index (χ0v) is 13.0. The van der Waals surface area contributed by atoms with Crippen molar-refractivity contribution in [3.05, 3.63) is 54.1 Å². The SMILES string of the molecule is CCOc1ccccc1NC(=O)C(=O)N/N=C\c1ccc(O)cc1. The number of phenolic OH excluding ortho intramolecular Hbond substituents is 1. The summed E-state index contributed by atoms with van der Waals surface area (Å²) in [4.78, 5) is 23.6. The summed E-state index contributed by atoms with van der Waals surface area (Å²) in [7, 11) is 0. The van der Waals surface area contributed by atoms with Gasteiger partial charge in [0.15, 0.2) is 0 Å². The number of anilines is 1. The predicted molar refractivity (Wildman–Crippen MR) is 90.1 cm³/mol. The summed E-state index contributed by atoms with van der Waals surface area (Å²) in [5.74, 6) is -1.15. The molecule has 7 heteroatoms. The molecule has 2 aromatic carbocycles. The quantitative estimate of drug-likeness (QED) is 0.443. The lowest BCUT2D eigenvalue weighted by molar-refractivity contribution is -0.136. The molecule has 0 aliphatic carbocycles. The van der Waals surface area contributed by atoms with Gasteiger partial charge in [-0.25, -0.2) is 5.43 Å². The van der Waals surface area contributed by atoms with E-state index in [9.17, 15) is 9.59 Å². The van der Waals surface area contributed by atoms with Crippen LogP contribution in [0.25, 0.3) is 0 Å². The number of aromatic hydroxyl groups is 1. The summed E-state index contributed by atoms with van der Waals surface area (Å²) in [5, 5.41) is 15.3. The van der Waals surface area contributed by atoms with E-state index in [-0.39, 0.29) is 5.75 Å². The molecular formula is C17H17N3O4. The molecule has 0 unspecified atom stereocenters. The van der Waals surface area contributed by atoms with Crippen molar-refractivity contribution in [1.29, 1.82) is 0 Å². The van der Waals surface area contributed by atoms with Gasteiger partial charge < -0.3 is 15.2 Å². The number of carbonyl (C=O) groups excluding carboxylic acids is 2. The topological polar surface area (TPSA) is 100 Å². The third-order valence-corrected chi connectivity index (χ3v) is 2.91. The summed E-state index contributed by atoms with van der Waals surface area (Å²) in [6.07, 6.45) is 1.36. The molecule has 0 bridgehead atoms. The zero-order chi connectivity index (χ0) is 17.4. The van der Waals surface area contributed by atoms with E-state index >= 15 is 0 Å². The highest BCUT2D eigenvalue weighted by Crippen LogP contribution is 2.23. The third-order valence-electron chi connectivity index (χ3n) is 2.91. The van der Waals surface area contributed by atoms with Gasteiger partial charge in [0.2, 0.25) is 0 Å². The molecule has 24 heavy (non-hydrogen) atoms. The van der Waals surface area contributed by atoms with Gasteiger partial charge in [-0.05, 0) is 48.9 Å². The van der Waals surface area contributed by atoms with Crippen molar-refractivity contribution in [2.24, 2.45) is 5.10 Å². The van der Waals surface area contributed by atoms with Crippen molar-refractivity contribution in [3.63, 3.8) is 0 Å². The van der Waals surface area contributed by atoms with E-state index in [1.165, 1.54) is 18.3 Å². The van der Waals surface area contributed by atoms with Crippen LogP contribution in [0.4, 0.5) is 5.69 Å². The largest absolute Gasteiger partial charge is 0.508 e. The van der Waals surface area contributed by atoms with E-state index in [1.807, 2.05) is 6.92 Å². The first-order valence-corrected chi connectivity index (χ1v) is 7.25. The molecule has 3 N–H and O–H groups in total. The number of carbonyl (C=O) groups is 2. The number of hydrogen-bond acceptors (Lipinski definition) is 5. The Kier molecular flexibility index (Phi) is 5.90. The molecule has 0 aliphatic heterocycles.